The number of aromatic nitrogens is 4. The molecule has 0 saturated heterocycles. The van der Waals surface area contributed by atoms with Gasteiger partial charge in [0.1, 0.15) is 17.0 Å². The summed E-state index contributed by atoms with van der Waals surface area (Å²) >= 11 is 13.4. The van der Waals surface area contributed by atoms with E-state index in [1.165, 1.54) is 17.7 Å². The van der Waals surface area contributed by atoms with Crippen molar-refractivity contribution in [3.8, 4) is 22.2 Å². The zero-order valence-corrected chi connectivity index (χ0v) is 17.9. The van der Waals surface area contributed by atoms with Gasteiger partial charge in [-0.15, -0.1) is 21.5 Å². The largest absolute Gasteiger partial charge is 0.415 e. The van der Waals surface area contributed by atoms with Gasteiger partial charge in [-0.2, -0.15) is 0 Å². The van der Waals surface area contributed by atoms with Crippen molar-refractivity contribution in [1.82, 2.24) is 20.2 Å². The first kappa shape index (κ1) is 19.0. The lowest BCUT2D eigenvalue weighted by molar-refractivity contribution is 0.586. The molecule has 3 heterocycles. The number of fused-ring (bicyclic) bond motifs is 1. The third-order valence-corrected chi connectivity index (χ3v) is 6.24. The van der Waals surface area contributed by atoms with Crippen molar-refractivity contribution in [1.29, 1.82) is 0 Å². The highest BCUT2D eigenvalue weighted by atomic mass is 35.5. The van der Waals surface area contributed by atoms with E-state index in [1.54, 1.807) is 12.1 Å². The van der Waals surface area contributed by atoms with Crippen LogP contribution < -0.4 is 5.32 Å². The van der Waals surface area contributed by atoms with E-state index in [1.807, 2.05) is 43.3 Å². The summed E-state index contributed by atoms with van der Waals surface area (Å²) in [6.07, 6.45) is 1.53. The van der Waals surface area contributed by atoms with Crippen molar-refractivity contribution in [2.24, 2.45) is 0 Å². The van der Waals surface area contributed by atoms with E-state index >= 15 is 0 Å². The van der Waals surface area contributed by atoms with Crippen LogP contribution in [0.15, 0.2) is 59.3 Å². The quantitative estimate of drug-likeness (QED) is 0.323. The van der Waals surface area contributed by atoms with Crippen LogP contribution in [0.3, 0.4) is 0 Å². The highest BCUT2D eigenvalue weighted by Gasteiger charge is 2.20. The molecule has 0 amide bonds. The molecule has 148 valence electrons. The van der Waals surface area contributed by atoms with Gasteiger partial charge in [0.25, 0.3) is 5.89 Å². The molecule has 30 heavy (non-hydrogen) atoms. The Morgan fingerprint density at radius 2 is 1.53 bits per heavy atom. The van der Waals surface area contributed by atoms with Crippen molar-refractivity contribution in [2.45, 2.75) is 6.92 Å². The minimum Gasteiger partial charge on any atom is -0.415 e. The summed E-state index contributed by atoms with van der Waals surface area (Å²) in [6.45, 7) is 2.00. The topological polar surface area (TPSA) is 76.7 Å². The summed E-state index contributed by atoms with van der Waals surface area (Å²) in [7, 11) is 0. The molecule has 9 heteroatoms. The molecule has 0 aliphatic carbocycles. The van der Waals surface area contributed by atoms with Crippen molar-refractivity contribution < 1.29 is 4.42 Å². The number of nitrogens with zero attached hydrogens (tertiary/aromatic N) is 4. The molecule has 2 aromatic carbocycles. The number of nitrogens with one attached hydrogen (secondary N) is 1. The van der Waals surface area contributed by atoms with Gasteiger partial charge in [-0.1, -0.05) is 23.2 Å². The number of halogens is 2. The van der Waals surface area contributed by atoms with Crippen molar-refractivity contribution >= 4 is 56.3 Å². The molecule has 0 aliphatic heterocycles. The van der Waals surface area contributed by atoms with Crippen LogP contribution >= 0.6 is 34.5 Å². The summed E-state index contributed by atoms with van der Waals surface area (Å²) < 4.78 is 5.94. The lowest BCUT2D eigenvalue weighted by atomic mass is 10.2. The Kier molecular flexibility index (Phi) is 4.86. The molecule has 0 atom stereocenters. The van der Waals surface area contributed by atoms with Gasteiger partial charge in [-0.3, -0.25) is 0 Å². The maximum Gasteiger partial charge on any atom is 0.258 e. The number of aryl methyl sites for hydroxylation is 1. The Morgan fingerprint density at radius 1 is 0.867 bits per heavy atom. The number of hydrogen-bond acceptors (Lipinski definition) is 7. The molecule has 5 aromatic rings. The highest BCUT2D eigenvalue weighted by molar-refractivity contribution is 7.22. The summed E-state index contributed by atoms with van der Waals surface area (Å²) in [6, 6.07) is 14.7. The Morgan fingerprint density at radius 3 is 2.27 bits per heavy atom. The van der Waals surface area contributed by atoms with Crippen LogP contribution in [0, 0.1) is 6.92 Å². The summed E-state index contributed by atoms with van der Waals surface area (Å²) in [5.41, 5.74) is 2.66. The van der Waals surface area contributed by atoms with Gasteiger partial charge in [0.05, 0.1) is 10.3 Å². The average molecular weight is 454 g/mol. The van der Waals surface area contributed by atoms with Crippen LogP contribution in [0.2, 0.25) is 10.0 Å². The van der Waals surface area contributed by atoms with Crippen LogP contribution in [0.25, 0.3) is 32.4 Å². The minimum atomic E-state index is 0.434. The average Bonchev–Trinajstić information content (AvgIpc) is 3.36. The summed E-state index contributed by atoms with van der Waals surface area (Å²) in [5.74, 6) is 1.58. The molecule has 3 aromatic heterocycles. The predicted molar refractivity (Wildman–Crippen MR) is 121 cm³/mol. The van der Waals surface area contributed by atoms with Gasteiger partial charge in [0, 0.05) is 21.3 Å². The third-order valence-electron chi connectivity index (χ3n) is 4.54. The zero-order valence-electron chi connectivity index (χ0n) is 15.6. The van der Waals surface area contributed by atoms with Crippen LogP contribution in [-0.2, 0) is 0 Å². The second kappa shape index (κ2) is 7.68. The van der Waals surface area contributed by atoms with E-state index in [2.05, 4.69) is 25.5 Å². The first-order valence-corrected chi connectivity index (χ1v) is 10.5. The normalized spacial score (nSPS) is 11.2. The predicted octanol–water partition coefficient (Wildman–Crippen LogP) is 6.77. The van der Waals surface area contributed by atoms with Gasteiger partial charge in [-0.05, 0) is 61.0 Å². The fraction of sp³-hybridized carbons (Fsp3) is 0.0476. The maximum absolute atomic E-state index is 5.98. The lowest BCUT2D eigenvalue weighted by Crippen LogP contribution is -1.95. The van der Waals surface area contributed by atoms with Gasteiger partial charge >= 0.3 is 0 Å². The van der Waals surface area contributed by atoms with E-state index in [0.29, 0.717) is 27.6 Å². The minimum absolute atomic E-state index is 0.434. The van der Waals surface area contributed by atoms with Gasteiger partial charge < -0.3 is 9.73 Å². The number of thiophene rings is 1. The fourth-order valence-corrected chi connectivity index (χ4v) is 4.39. The maximum atomic E-state index is 5.98. The second-order valence-electron chi connectivity index (χ2n) is 6.51. The van der Waals surface area contributed by atoms with Gasteiger partial charge in [-0.25, -0.2) is 9.97 Å². The molecule has 0 radical (unpaired) electrons. The SMILES string of the molecule is Cc1c(-c2nnc(-c3ccc(Cl)cc3)o2)sc2ncnc(Nc3ccc(Cl)cc3)c12. The first-order chi connectivity index (χ1) is 14.6. The van der Waals surface area contributed by atoms with Gasteiger partial charge in [0.2, 0.25) is 5.89 Å². The molecular formula is C21H13Cl2N5OS. The molecule has 0 aliphatic rings. The molecule has 0 spiro atoms. The molecule has 0 saturated carbocycles. The third kappa shape index (κ3) is 3.52. The molecule has 0 bridgehead atoms. The fourth-order valence-electron chi connectivity index (χ4n) is 3.06. The molecule has 6 nitrogen and oxygen atoms in total. The second-order valence-corrected chi connectivity index (χ2v) is 8.38. The van der Waals surface area contributed by atoms with Crippen LogP contribution in [0.1, 0.15) is 5.56 Å². The van der Waals surface area contributed by atoms with E-state index in [-0.39, 0.29) is 0 Å². The molecule has 1 N–H and O–H groups in total. The smallest absolute Gasteiger partial charge is 0.258 e. The van der Waals surface area contributed by atoms with E-state index in [0.717, 1.165) is 31.9 Å². The Balaban J connectivity index is 1.54. The van der Waals surface area contributed by atoms with E-state index in [4.69, 9.17) is 27.6 Å². The molecule has 0 unspecified atom stereocenters. The first-order valence-electron chi connectivity index (χ1n) is 8.95. The summed E-state index contributed by atoms with van der Waals surface area (Å²) in [4.78, 5) is 10.5. The zero-order chi connectivity index (χ0) is 20.7. The van der Waals surface area contributed by atoms with Crippen molar-refractivity contribution in [3.63, 3.8) is 0 Å². The van der Waals surface area contributed by atoms with Crippen LogP contribution in [0.5, 0.6) is 0 Å². The highest BCUT2D eigenvalue weighted by Crippen LogP contribution is 2.40. The lowest BCUT2D eigenvalue weighted by Gasteiger charge is -2.07. The van der Waals surface area contributed by atoms with Crippen LogP contribution in [-0.4, -0.2) is 20.2 Å². The summed E-state index contributed by atoms with van der Waals surface area (Å²) in [5, 5.41) is 14.0. The number of anilines is 2. The van der Waals surface area contributed by atoms with Crippen LogP contribution in [0.4, 0.5) is 11.5 Å². The monoisotopic (exact) mass is 453 g/mol. The number of hydrogen-bond donors (Lipinski definition) is 1. The van der Waals surface area contributed by atoms with E-state index < -0.39 is 0 Å². The Labute approximate surface area is 185 Å². The standard InChI is InChI=1S/C21H13Cl2N5OS/c1-11-16-18(26-15-8-6-14(23)7-9-15)24-10-25-21(16)30-17(11)20-28-27-19(29-20)12-2-4-13(22)5-3-12/h2-10H,1H3,(H,24,25,26). The molecule has 5 rings (SSSR count). The van der Waals surface area contributed by atoms with Crippen molar-refractivity contribution in [3.05, 3.63) is 70.5 Å². The number of rotatable bonds is 4. The Hall–Kier alpha value is -3.00. The van der Waals surface area contributed by atoms with Gasteiger partial charge in [0.15, 0.2) is 0 Å². The number of benzene rings is 2. The van der Waals surface area contributed by atoms with Crippen molar-refractivity contribution in [2.75, 3.05) is 5.32 Å². The molecule has 0 fully saturated rings. The Bertz CT molecular complexity index is 1350. The molecular weight excluding hydrogens is 441 g/mol. The van der Waals surface area contributed by atoms with E-state index in [9.17, 15) is 0 Å².